The Hall–Kier alpha value is -2.81. The molecule has 2 rings (SSSR count). The molecular formula is C12H11ClN4O5. The van der Waals surface area contributed by atoms with E-state index in [1.807, 2.05) is 0 Å². The number of nitrogens with zero attached hydrogens (tertiary/aromatic N) is 3. The maximum absolute atomic E-state index is 10.8. The summed E-state index contributed by atoms with van der Waals surface area (Å²) < 4.78 is 0. The van der Waals surface area contributed by atoms with Gasteiger partial charge in [0, 0.05) is 23.5 Å². The highest BCUT2D eigenvalue weighted by atomic mass is 35.5. The molecule has 2 aromatic heterocycles. The number of hydrogen-bond donors (Lipinski definition) is 1. The summed E-state index contributed by atoms with van der Waals surface area (Å²) in [4.78, 5) is 35.9. The summed E-state index contributed by atoms with van der Waals surface area (Å²) in [6.45, 7) is 3.14. The van der Waals surface area contributed by atoms with Crippen LogP contribution >= 0.6 is 11.6 Å². The summed E-state index contributed by atoms with van der Waals surface area (Å²) in [5, 5.41) is 20.5. The molecule has 0 aromatic carbocycles. The number of hydrogen-bond acceptors (Lipinski definition) is 6. The number of aromatic amines is 1. The van der Waals surface area contributed by atoms with Gasteiger partial charge in [0.1, 0.15) is 0 Å². The van der Waals surface area contributed by atoms with Gasteiger partial charge in [-0.15, -0.1) is 0 Å². The Bertz CT molecular complexity index is 754. The van der Waals surface area contributed by atoms with Gasteiger partial charge in [-0.05, 0) is 26.0 Å². The Morgan fingerprint density at radius 3 is 2.00 bits per heavy atom. The third kappa shape index (κ3) is 4.09. The predicted molar refractivity (Wildman–Crippen MR) is 79.1 cm³/mol. The van der Waals surface area contributed by atoms with Crippen molar-refractivity contribution in [2.75, 3.05) is 0 Å². The first kappa shape index (κ1) is 17.2. The smallest absolute Gasteiger partial charge is 0.323 e. The summed E-state index contributed by atoms with van der Waals surface area (Å²) in [6, 6.07) is 3.03. The number of halogens is 1. The molecule has 0 aliphatic heterocycles. The number of aromatic nitrogens is 2. The molecule has 0 amide bonds. The van der Waals surface area contributed by atoms with E-state index in [0.717, 1.165) is 0 Å². The van der Waals surface area contributed by atoms with E-state index in [2.05, 4.69) is 9.97 Å². The lowest BCUT2D eigenvalue weighted by Gasteiger charge is -1.95. The van der Waals surface area contributed by atoms with E-state index in [4.69, 9.17) is 11.6 Å². The molecule has 0 aliphatic rings. The van der Waals surface area contributed by atoms with Crippen molar-refractivity contribution >= 4 is 23.0 Å². The largest absolute Gasteiger partial charge is 0.336 e. The summed E-state index contributed by atoms with van der Waals surface area (Å²) in [6.07, 6.45) is 2.81. The second kappa shape index (κ2) is 7.27. The van der Waals surface area contributed by atoms with Crippen LogP contribution in [0.4, 0.5) is 11.4 Å². The maximum atomic E-state index is 10.8. The van der Waals surface area contributed by atoms with Crippen LogP contribution in [0, 0.1) is 34.1 Å². The second-order valence-electron chi connectivity index (χ2n) is 4.12. The van der Waals surface area contributed by atoms with Gasteiger partial charge in [0.15, 0.2) is 0 Å². The Kier molecular flexibility index (Phi) is 5.70. The summed E-state index contributed by atoms with van der Waals surface area (Å²) in [5.41, 5.74) is -0.259. The fourth-order valence-electron chi connectivity index (χ4n) is 1.53. The topological polar surface area (TPSA) is 132 Å². The van der Waals surface area contributed by atoms with Crippen molar-refractivity contribution in [2.45, 2.75) is 13.8 Å². The monoisotopic (exact) mass is 326 g/mol. The molecule has 0 spiro atoms. The van der Waals surface area contributed by atoms with Gasteiger partial charge in [-0.1, -0.05) is 11.6 Å². The number of pyridine rings is 2. The maximum Gasteiger partial charge on any atom is 0.336 e. The molecule has 9 nitrogen and oxygen atoms in total. The molecule has 22 heavy (non-hydrogen) atoms. The quantitative estimate of drug-likeness (QED) is 0.512. The molecule has 0 unspecified atom stereocenters. The van der Waals surface area contributed by atoms with Crippen LogP contribution < -0.4 is 5.56 Å². The van der Waals surface area contributed by atoms with Gasteiger partial charge in [0.2, 0.25) is 5.15 Å². The van der Waals surface area contributed by atoms with Crippen molar-refractivity contribution in [3.8, 4) is 0 Å². The minimum absolute atomic E-state index is 0.0602. The van der Waals surface area contributed by atoms with Crippen LogP contribution in [0.15, 0.2) is 29.3 Å². The van der Waals surface area contributed by atoms with Gasteiger partial charge < -0.3 is 4.98 Å². The highest BCUT2D eigenvalue weighted by Crippen LogP contribution is 2.24. The van der Waals surface area contributed by atoms with Gasteiger partial charge in [-0.3, -0.25) is 25.0 Å². The molecule has 1 N–H and O–H groups in total. The number of aryl methyl sites for hydroxylation is 2. The molecule has 0 saturated heterocycles. The number of nitro groups is 2. The van der Waals surface area contributed by atoms with Gasteiger partial charge in [0.25, 0.3) is 0 Å². The number of H-pyrrole nitrogens is 1. The molecule has 0 saturated carbocycles. The highest BCUT2D eigenvalue weighted by Gasteiger charge is 2.15. The zero-order chi connectivity index (χ0) is 16.9. The van der Waals surface area contributed by atoms with Gasteiger partial charge in [0.05, 0.1) is 9.85 Å². The first-order valence-corrected chi connectivity index (χ1v) is 6.21. The fraction of sp³-hybridized carbons (Fsp3) is 0.167. The van der Waals surface area contributed by atoms with Crippen LogP contribution in [0.5, 0.6) is 0 Å². The van der Waals surface area contributed by atoms with Crippen LogP contribution in [-0.4, -0.2) is 19.8 Å². The van der Waals surface area contributed by atoms with E-state index in [9.17, 15) is 25.0 Å². The molecule has 0 aliphatic carbocycles. The lowest BCUT2D eigenvalue weighted by Crippen LogP contribution is -2.11. The third-order valence-electron chi connectivity index (χ3n) is 2.58. The lowest BCUT2D eigenvalue weighted by molar-refractivity contribution is -0.386. The third-order valence-corrected chi connectivity index (χ3v) is 2.86. The minimum Gasteiger partial charge on any atom is -0.323 e. The normalized spacial score (nSPS) is 9.59. The molecule has 0 atom stereocenters. The van der Waals surface area contributed by atoms with E-state index in [1.165, 1.54) is 25.4 Å². The predicted octanol–water partition coefficient (Wildman–Crippen LogP) is 2.54. The van der Waals surface area contributed by atoms with Crippen LogP contribution in [0.25, 0.3) is 0 Å². The zero-order valence-electron chi connectivity index (χ0n) is 11.6. The van der Waals surface area contributed by atoms with Gasteiger partial charge >= 0.3 is 16.9 Å². The first-order valence-electron chi connectivity index (χ1n) is 5.84. The molecule has 2 heterocycles. The van der Waals surface area contributed by atoms with Crippen molar-refractivity contribution in [1.29, 1.82) is 0 Å². The summed E-state index contributed by atoms with van der Waals surface area (Å²) in [7, 11) is 0. The van der Waals surface area contributed by atoms with Gasteiger partial charge in [-0.25, -0.2) is 4.98 Å². The van der Waals surface area contributed by atoms with Crippen LogP contribution in [0.1, 0.15) is 11.1 Å². The Labute approximate surface area is 128 Å². The minimum atomic E-state index is -0.686. The average Bonchev–Trinajstić information content (AvgIpc) is 2.38. The summed E-state index contributed by atoms with van der Waals surface area (Å²) >= 11 is 5.47. The van der Waals surface area contributed by atoms with Crippen molar-refractivity contribution in [3.63, 3.8) is 0 Å². The first-order chi connectivity index (χ1) is 10.3. The standard InChI is InChI=1S/C6H5ClN2O2.C6H6N2O3/c1-4-2-3-8-6(7)5(4)9(10)11;1-4-2-3-7-6(9)5(4)8(10)11/h2-3H,1H3;2-3H,1H3,(H,7,9). The molecule has 116 valence electrons. The van der Waals surface area contributed by atoms with Crippen molar-refractivity contribution in [2.24, 2.45) is 0 Å². The van der Waals surface area contributed by atoms with Crippen molar-refractivity contribution in [3.05, 3.63) is 71.4 Å². The van der Waals surface area contributed by atoms with E-state index in [1.54, 1.807) is 13.0 Å². The second-order valence-corrected chi connectivity index (χ2v) is 4.48. The van der Waals surface area contributed by atoms with Gasteiger partial charge in [-0.2, -0.15) is 0 Å². The molecule has 0 fully saturated rings. The Morgan fingerprint density at radius 1 is 1.09 bits per heavy atom. The van der Waals surface area contributed by atoms with Crippen LogP contribution in [0.2, 0.25) is 5.15 Å². The van der Waals surface area contributed by atoms with Crippen LogP contribution in [-0.2, 0) is 0 Å². The molecule has 0 radical (unpaired) electrons. The van der Waals surface area contributed by atoms with E-state index in [-0.39, 0.29) is 16.5 Å². The van der Waals surface area contributed by atoms with Crippen molar-refractivity contribution in [1.82, 2.24) is 9.97 Å². The van der Waals surface area contributed by atoms with E-state index < -0.39 is 15.4 Å². The van der Waals surface area contributed by atoms with Crippen molar-refractivity contribution < 1.29 is 9.85 Å². The lowest BCUT2D eigenvalue weighted by atomic mass is 10.2. The zero-order valence-corrected chi connectivity index (χ0v) is 12.3. The Morgan fingerprint density at radius 2 is 1.64 bits per heavy atom. The summed E-state index contributed by atoms with van der Waals surface area (Å²) in [5.74, 6) is 0. The average molecular weight is 327 g/mol. The van der Waals surface area contributed by atoms with E-state index >= 15 is 0 Å². The van der Waals surface area contributed by atoms with E-state index in [0.29, 0.717) is 11.1 Å². The highest BCUT2D eigenvalue weighted by molar-refractivity contribution is 6.31. The fourth-order valence-corrected chi connectivity index (χ4v) is 1.81. The number of nitrogens with one attached hydrogen (secondary N) is 1. The SMILES string of the molecule is Cc1cc[nH]c(=O)c1[N+](=O)[O-].Cc1ccnc(Cl)c1[N+](=O)[O-]. The molecular weight excluding hydrogens is 316 g/mol. The molecule has 2 aromatic rings. The van der Waals surface area contributed by atoms with Crippen LogP contribution in [0.3, 0.4) is 0 Å². The molecule has 0 bridgehead atoms. The number of rotatable bonds is 2. The molecule has 10 heteroatoms. The Balaban J connectivity index is 0.000000220.